The zero-order chi connectivity index (χ0) is 10.5. The van der Waals surface area contributed by atoms with Crippen LogP contribution in [0.25, 0.3) is 11.3 Å². The molecule has 0 spiro atoms. The van der Waals surface area contributed by atoms with E-state index >= 15 is 0 Å². The minimum Gasteiger partial charge on any atom is -0.493 e. The normalized spacial score (nSPS) is 10.2. The second-order valence-corrected chi connectivity index (χ2v) is 3.14. The van der Waals surface area contributed by atoms with Crippen LogP contribution in [0.3, 0.4) is 0 Å². The highest BCUT2D eigenvalue weighted by molar-refractivity contribution is 5.65. The zero-order valence-corrected chi connectivity index (χ0v) is 8.53. The minimum absolute atomic E-state index is 0.707. The van der Waals surface area contributed by atoms with Crippen LogP contribution in [0.5, 0.6) is 5.75 Å². The Kier molecular flexibility index (Phi) is 2.97. The van der Waals surface area contributed by atoms with Gasteiger partial charge in [0.25, 0.3) is 0 Å². The Morgan fingerprint density at radius 1 is 1.40 bits per heavy atom. The first-order valence-electron chi connectivity index (χ1n) is 4.92. The van der Waals surface area contributed by atoms with Crippen LogP contribution in [0.1, 0.15) is 13.3 Å². The summed E-state index contributed by atoms with van der Waals surface area (Å²) in [5.74, 6) is 0.835. The van der Waals surface area contributed by atoms with Gasteiger partial charge in [-0.25, -0.2) is 0 Å². The quantitative estimate of drug-likeness (QED) is 0.825. The van der Waals surface area contributed by atoms with E-state index in [2.05, 4.69) is 28.5 Å². The van der Waals surface area contributed by atoms with E-state index in [9.17, 15) is 0 Å². The number of nitrogens with one attached hydrogen (secondary N) is 1. The van der Waals surface area contributed by atoms with Crippen molar-refractivity contribution in [2.45, 2.75) is 13.3 Å². The van der Waals surface area contributed by atoms with E-state index in [1.54, 1.807) is 0 Å². The van der Waals surface area contributed by atoms with Crippen molar-refractivity contribution in [2.24, 2.45) is 0 Å². The molecule has 0 fully saturated rings. The average molecular weight is 202 g/mol. The predicted molar refractivity (Wildman–Crippen MR) is 56.4 cm³/mol. The molecule has 15 heavy (non-hydrogen) atoms. The molecule has 2 rings (SSSR count). The molecule has 0 bridgehead atoms. The van der Waals surface area contributed by atoms with Crippen LogP contribution in [0.15, 0.2) is 24.3 Å². The fraction of sp³-hybridized carbons (Fsp3) is 0.273. The molecule has 1 radical (unpaired) electrons. The van der Waals surface area contributed by atoms with Crippen LogP contribution in [-0.2, 0) is 0 Å². The molecule has 0 saturated carbocycles. The summed E-state index contributed by atoms with van der Waals surface area (Å²) in [6.45, 7) is 2.78. The second kappa shape index (κ2) is 4.59. The maximum absolute atomic E-state index is 5.61. The van der Waals surface area contributed by atoms with Gasteiger partial charge < -0.3 is 4.74 Å². The van der Waals surface area contributed by atoms with E-state index in [4.69, 9.17) is 4.74 Å². The fourth-order valence-corrected chi connectivity index (χ4v) is 1.31. The largest absolute Gasteiger partial charge is 0.493 e. The highest BCUT2D eigenvalue weighted by Gasteiger charge is 2.06. The Balaban J connectivity index is 2.30. The van der Waals surface area contributed by atoms with Crippen LogP contribution in [0, 0.1) is 6.20 Å². The molecule has 0 aliphatic carbocycles. The number of ether oxygens (including phenoxy) is 1. The predicted octanol–water partition coefficient (Wildman–Crippen LogP) is 2.06. The van der Waals surface area contributed by atoms with Crippen LogP contribution >= 0.6 is 0 Å². The second-order valence-electron chi connectivity index (χ2n) is 3.14. The third kappa shape index (κ3) is 2.15. The molecule has 1 aromatic heterocycles. The first kappa shape index (κ1) is 9.71. The van der Waals surface area contributed by atoms with Crippen LogP contribution in [0.2, 0.25) is 0 Å². The molecule has 2 aromatic rings. The number of H-pyrrole nitrogens is 1. The first-order chi connectivity index (χ1) is 7.42. The lowest BCUT2D eigenvalue weighted by molar-refractivity contribution is 0.318. The van der Waals surface area contributed by atoms with E-state index in [0.29, 0.717) is 6.61 Å². The van der Waals surface area contributed by atoms with Gasteiger partial charge in [0.1, 0.15) is 11.9 Å². The molecule has 0 atom stereocenters. The number of nitrogens with zero attached hydrogens (tertiary/aromatic N) is 2. The van der Waals surface area contributed by atoms with Crippen molar-refractivity contribution in [3.05, 3.63) is 30.5 Å². The van der Waals surface area contributed by atoms with E-state index < -0.39 is 0 Å². The Hall–Kier alpha value is -1.84. The highest BCUT2D eigenvalue weighted by Crippen LogP contribution is 2.27. The molecule has 4 heteroatoms. The van der Waals surface area contributed by atoms with Gasteiger partial charge in [0, 0.05) is 5.56 Å². The molecule has 0 aliphatic rings. The molecule has 0 amide bonds. The summed E-state index contributed by atoms with van der Waals surface area (Å²) in [6, 6.07) is 7.78. The third-order valence-corrected chi connectivity index (χ3v) is 1.99. The summed E-state index contributed by atoms with van der Waals surface area (Å²) in [5.41, 5.74) is 1.69. The van der Waals surface area contributed by atoms with Gasteiger partial charge in [-0.15, -0.1) is 5.10 Å². The summed E-state index contributed by atoms with van der Waals surface area (Å²) < 4.78 is 5.61. The number of para-hydroxylation sites is 1. The van der Waals surface area contributed by atoms with Crippen LogP contribution in [-0.4, -0.2) is 22.0 Å². The smallest absolute Gasteiger partial charge is 0.143 e. The Bertz CT molecular complexity index is 412. The van der Waals surface area contributed by atoms with Gasteiger partial charge in [0.15, 0.2) is 0 Å². The van der Waals surface area contributed by atoms with E-state index in [1.807, 2.05) is 24.3 Å². The molecule has 0 aliphatic heterocycles. The molecular weight excluding hydrogens is 190 g/mol. The van der Waals surface area contributed by atoms with Gasteiger partial charge in [-0.1, -0.05) is 24.3 Å². The third-order valence-electron chi connectivity index (χ3n) is 1.99. The highest BCUT2D eigenvalue weighted by atomic mass is 16.5. The lowest BCUT2D eigenvalue weighted by Gasteiger charge is -2.08. The molecule has 1 aromatic carbocycles. The number of hydrogen-bond acceptors (Lipinski definition) is 3. The number of hydrogen-bond donors (Lipinski definition) is 1. The first-order valence-corrected chi connectivity index (χ1v) is 4.92. The maximum Gasteiger partial charge on any atom is 0.143 e. The van der Waals surface area contributed by atoms with Gasteiger partial charge in [-0.2, -0.15) is 0 Å². The Morgan fingerprint density at radius 3 is 3.00 bits per heavy atom. The molecule has 4 nitrogen and oxygen atoms in total. The number of aromatic amines is 1. The van der Waals surface area contributed by atoms with Gasteiger partial charge >= 0.3 is 0 Å². The Labute approximate surface area is 88.3 Å². The van der Waals surface area contributed by atoms with Crippen molar-refractivity contribution in [3.63, 3.8) is 0 Å². The van der Waals surface area contributed by atoms with Crippen molar-refractivity contribution in [3.8, 4) is 17.0 Å². The van der Waals surface area contributed by atoms with Crippen molar-refractivity contribution >= 4 is 0 Å². The SMILES string of the molecule is CCCOc1ccccc1-c1[c]nn[nH]1. The topological polar surface area (TPSA) is 50.8 Å². The number of rotatable bonds is 4. The molecular formula is C11H12N3O. The molecule has 0 saturated heterocycles. The molecule has 0 unspecified atom stereocenters. The number of benzene rings is 1. The van der Waals surface area contributed by atoms with Crippen molar-refractivity contribution in [2.75, 3.05) is 6.61 Å². The van der Waals surface area contributed by atoms with Gasteiger partial charge in [-0.3, -0.25) is 5.10 Å². The van der Waals surface area contributed by atoms with E-state index in [0.717, 1.165) is 23.4 Å². The summed E-state index contributed by atoms with van der Waals surface area (Å²) in [6.07, 6.45) is 3.76. The Morgan fingerprint density at radius 2 is 2.27 bits per heavy atom. The van der Waals surface area contributed by atoms with Crippen molar-refractivity contribution in [1.82, 2.24) is 15.4 Å². The van der Waals surface area contributed by atoms with Gasteiger partial charge in [0.2, 0.25) is 0 Å². The van der Waals surface area contributed by atoms with Crippen LogP contribution < -0.4 is 4.74 Å². The number of aromatic nitrogens is 3. The fourth-order valence-electron chi connectivity index (χ4n) is 1.31. The summed E-state index contributed by atoms with van der Waals surface area (Å²) in [4.78, 5) is 0. The van der Waals surface area contributed by atoms with E-state index in [1.165, 1.54) is 0 Å². The zero-order valence-electron chi connectivity index (χ0n) is 8.53. The van der Waals surface area contributed by atoms with Crippen molar-refractivity contribution < 1.29 is 4.74 Å². The van der Waals surface area contributed by atoms with Gasteiger partial charge in [-0.05, 0) is 18.6 Å². The van der Waals surface area contributed by atoms with Crippen molar-refractivity contribution in [1.29, 1.82) is 0 Å². The average Bonchev–Trinajstić information content (AvgIpc) is 2.80. The summed E-state index contributed by atoms with van der Waals surface area (Å²) >= 11 is 0. The molecule has 1 N–H and O–H groups in total. The lowest BCUT2D eigenvalue weighted by Crippen LogP contribution is -1.96. The standard InChI is InChI=1S/C11H12N3O/c1-2-7-15-11-6-4-3-5-9(11)10-8-12-14-13-10/h3-6H,2,7H2,1H3,(H,12,13,14). The van der Waals surface area contributed by atoms with E-state index in [-0.39, 0.29) is 0 Å². The minimum atomic E-state index is 0.707. The van der Waals surface area contributed by atoms with Gasteiger partial charge in [0.05, 0.1) is 12.3 Å². The summed E-state index contributed by atoms with van der Waals surface area (Å²) in [5, 5.41) is 10.0. The van der Waals surface area contributed by atoms with Crippen LogP contribution in [0.4, 0.5) is 0 Å². The lowest BCUT2D eigenvalue weighted by atomic mass is 10.1. The summed E-state index contributed by atoms with van der Waals surface area (Å²) in [7, 11) is 0. The molecule has 1 heterocycles. The molecule has 77 valence electrons. The maximum atomic E-state index is 5.61. The monoisotopic (exact) mass is 202 g/mol.